The fourth-order valence-electron chi connectivity index (χ4n) is 1.55. The van der Waals surface area contributed by atoms with Gasteiger partial charge in [-0.1, -0.05) is 11.6 Å². The molecule has 0 aliphatic rings. The number of hydrogen-bond donors (Lipinski definition) is 2. The van der Waals surface area contributed by atoms with Crippen molar-refractivity contribution in [1.29, 1.82) is 0 Å². The number of benzene rings is 1. The molecule has 0 amide bonds. The second-order valence-electron chi connectivity index (χ2n) is 3.62. The first-order valence-electron chi connectivity index (χ1n) is 5.19. The van der Waals surface area contributed by atoms with Gasteiger partial charge in [0.15, 0.2) is 0 Å². The number of aromatic nitrogens is 2. The highest BCUT2D eigenvalue weighted by molar-refractivity contribution is 6.30. The van der Waals surface area contributed by atoms with Gasteiger partial charge < -0.3 is 14.8 Å². The van der Waals surface area contributed by atoms with Crippen molar-refractivity contribution >= 4 is 17.6 Å². The topological polar surface area (TPSA) is 92.3 Å². The number of carbonyl (C=O) groups is 1. The lowest BCUT2D eigenvalue weighted by atomic mass is 10.2. The zero-order valence-corrected chi connectivity index (χ0v) is 10.6. The van der Waals surface area contributed by atoms with E-state index in [1.54, 1.807) is 18.2 Å². The van der Waals surface area contributed by atoms with Gasteiger partial charge in [-0.2, -0.15) is 0 Å². The van der Waals surface area contributed by atoms with E-state index in [0.717, 1.165) is 6.20 Å². The first kappa shape index (κ1) is 13.1. The molecule has 1 heterocycles. The van der Waals surface area contributed by atoms with Crippen LogP contribution >= 0.6 is 11.6 Å². The molecule has 1 aromatic heterocycles. The standard InChI is InChI=1S/C12H9ClN2O4/c1-19-9-3-2-6(13)4-7(9)10-14-5-8(12(17)18)11(16)15-10/h2-5H,1H3,(H,17,18)(H,14,15,16). The van der Waals surface area contributed by atoms with Crippen molar-refractivity contribution in [1.82, 2.24) is 9.97 Å². The number of ether oxygens (including phenoxy) is 1. The van der Waals surface area contributed by atoms with Crippen molar-refractivity contribution in [2.45, 2.75) is 0 Å². The van der Waals surface area contributed by atoms with E-state index in [2.05, 4.69) is 9.97 Å². The van der Waals surface area contributed by atoms with Crippen molar-refractivity contribution in [3.05, 3.63) is 45.3 Å². The number of halogens is 1. The molecule has 0 spiro atoms. The lowest BCUT2D eigenvalue weighted by Crippen LogP contribution is -2.18. The number of hydrogen-bond acceptors (Lipinski definition) is 4. The highest BCUT2D eigenvalue weighted by Crippen LogP contribution is 2.29. The molecule has 7 heteroatoms. The number of rotatable bonds is 3. The van der Waals surface area contributed by atoms with E-state index >= 15 is 0 Å². The minimum atomic E-state index is -1.33. The number of nitrogens with zero attached hydrogens (tertiary/aromatic N) is 1. The monoisotopic (exact) mass is 280 g/mol. The zero-order chi connectivity index (χ0) is 14.0. The van der Waals surface area contributed by atoms with Crippen LogP contribution in [0.4, 0.5) is 0 Å². The third kappa shape index (κ3) is 2.58. The maximum absolute atomic E-state index is 11.6. The first-order valence-corrected chi connectivity index (χ1v) is 5.57. The van der Waals surface area contributed by atoms with Crippen LogP contribution in [-0.4, -0.2) is 28.2 Å². The molecule has 0 aliphatic heterocycles. The maximum Gasteiger partial charge on any atom is 0.342 e. The zero-order valence-electron chi connectivity index (χ0n) is 9.81. The molecule has 0 atom stereocenters. The molecule has 0 bridgehead atoms. The lowest BCUT2D eigenvalue weighted by Gasteiger charge is -2.08. The summed E-state index contributed by atoms with van der Waals surface area (Å²) in [5, 5.41) is 9.21. The Hall–Kier alpha value is -2.34. The van der Waals surface area contributed by atoms with Crippen LogP contribution in [0.2, 0.25) is 5.02 Å². The van der Waals surface area contributed by atoms with Gasteiger partial charge in [-0.25, -0.2) is 9.78 Å². The van der Waals surface area contributed by atoms with Gasteiger partial charge in [0, 0.05) is 11.2 Å². The Morgan fingerprint density at radius 2 is 2.21 bits per heavy atom. The van der Waals surface area contributed by atoms with Gasteiger partial charge in [0.25, 0.3) is 5.56 Å². The van der Waals surface area contributed by atoms with Crippen LogP contribution in [0.1, 0.15) is 10.4 Å². The molecular formula is C12H9ClN2O4. The quantitative estimate of drug-likeness (QED) is 0.894. The Bertz CT molecular complexity index is 696. The number of H-pyrrole nitrogens is 1. The summed E-state index contributed by atoms with van der Waals surface area (Å²) in [6.45, 7) is 0. The second-order valence-corrected chi connectivity index (χ2v) is 4.06. The minimum absolute atomic E-state index is 0.189. The van der Waals surface area contributed by atoms with Crippen molar-refractivity contribution in [2.75, 3.05) is 7.11 Å². The van der Waals surface area contributed by atoms with E-state index in [-0.39, 0.29) is 5.82 Å². The van der Waals surface area contributed by atoms with Gasteiger partial charge in [-0.05, 0) is 18.2 Å². The van der Waals surface area contributed by atoms with Gasteiger partial charge in [0.2, 0.25) is 0 Å². The van der Waals surface area contributed by atoms with E-state index in [1.165, 1.54) is 7.11 Å². The van der Waals surface area contributed by atoms with Crippen LogP contribution in [0.15, 0.2) is 29.2 Å². The van der Waals surface area contributed by atoms with Crippen LogP contribution in [-0.2, 0) is 0 Å². The number of carboxylic acid groups (broad SMARTS) is 1. The molecule has 0 aliphatic carbocycles. The summed E-state index contributed by atoms with van der Waals surface area (Å²) in [5.74, 6) is -0.677. The van der Waals surface area contributed by atoms with Crippen LogP contribution in [0.25, 0.3) is 11.4 Å². The summed E-state index contributed by atoms with van der Waals surface area (Å²) in [6, 6.07) is 4.83. The summed E-state index contributed by atoms with van der Waals surface area (Å²) in [7, 11) is 1.47. The molecular weight excluding hydrogens is 272 g/mol. The highest BCUT2D eigenvalue weighted by atomic mass is 35.5. The van der Waals surface area contributed by atoms with Gasteiger partial charge in [-0.15, -0.1) is 0 Å². The molecule has 98 valence electrons. The van der Waals surface area contributed by atoms with Gasteiger partial charge in [0.1, 0.15) is 17.1 Å². The molecule has 2 rings (SSSR count). The predicted octanol–water partition coefficient (Wildman–Crippen LogP) is 1.80. The maximum atomic E-state index is 11.6. The molecule has 0 saturated heterocycles. The van der Waals surface area contributed by atoms with E-state index in [4.69, 9.17) is 21.4 Å². The normalized spacial score (nSPS) is 10.2. The SMILES string of the molecule is COc1ccc(Cl)cc1-c1ncc(C(=O)O)c(=O)[nH]1. The van der Waals surface area contributed by atoms with Crippen molar-refractivity contribution in [3.63, 3.8) is 0 Å². The number of nitrogens with one attached hydrogen (secondary N) is 1. The third-order valence-electron chi connectivity index (χ3n) is 2.45. The summed E-state index contributed by atoms with van der Waals surface area (Å²) in [5.41, 5.74) is -0.687. The number of methoxy groups -OCH3 is 1. The number of aromatic carboxylic acids is 1. The summed E-state index contributed by atoms with van der Waals surface area (Å²) in [4.78, 5) is 28.6. The van der Waals surface area contributed by atoms with Gasteiger partial charge in [0.05, 0.1) is 12.7 Å². The Morgan fingerprint density at radius 3 is 2.79 bits per heavy atom. The molecule has 1 aromatic carbocycles. The molecule has 0 fully saturated rings. The Morgan fingerprint density at radius 1 is 1.47 bits per heavy atom. The summed E-state index contributed by atoms with van der Waals surface area (Å²) < 4.78 is 5.14. The summed E-state index contributed by atoms with van der Waals surface area (Å²) in [6.07, 6.45) is 0.997. The van der Waals surface area contributed by atoms with Crippen LogP contribution in [0.5, 0.6) is 5.75 Å². The minimum Gasteiger partial charge on any atom is -0.496 e. The Labute approximate surface area is 112 Å². The van der Waals surface area contributed by atoms with Crippen molar-refractivity contribution < 1.29 is 14.6 Å². The average Bonchev–Trinajstić information content (AvgIpc) is 2.38. The first-order chi connectivity index (χ1) is 9.02. The second kappa shape index (κ2) is 5.11. The van der Waals surface area contributed by atoms with E-state index in [1.807, 2.05) is 0 Å². The smallest absolute Gasteiger partial charge is 0.342 e. The van der Waals surface area contributed by atoms with Crippen molar-refractivity contribution in [3.8, 4) is 17.1 Å². The predicted molar refractivity (Wildman–Crippen MR) is 68.8 cm³/mol. The average molecular weight is 281 g/mol. The largest absolute Gasteiger partial charge is 0.496 e. The Balaban J connectivity index is 2.60. The fourth-order valence-corrected chi connectivity index (χ4v) is 1.72. The number of carboxylic acids is 1. The molecule has 6 nitrogen and oxygen atoms in total. The van der Waals surface area contributed by atoms with Crippen LogP contribution in [0.3, 0.4) is 0 Å². The molecule has 0 saturated carbocycles. The molecule has 2 N–H and O–H groups in total. The molecule has 0 radical (unpaired) electrons. The van der Waals surface area contributed by atoms with E-state index in [9.17, 15) is 9.59 Å². The molecule has 19 heavy (non-hydrogen) atoms. The number of aromatic amines is 1. The Kier molecular flexibility index (Phi) is 3.52. The summed E-state index contributed by atoms with van der Waals surface area (Å²) >= 11 is 5.88. The third-order valence-corrected chi connectivity index (χ3v) is 2.68. The highest BCUT2D eigenvalue weighted by Gasteiger charge is 2.13. The van der Waals surface area contributed by atoms with E-state index < -0.39 is 17.1 Å². The van der Waals surface area contributed by atoms with Gasteiger partial charge >= 0.3 is 5.97 Å². The molecule has 0 unspecified atom stereocenters. The molecule has 2 aromatic rings. The van der Waals surface area contributed by atoms with Gasteiger partial charge in [-0.3, -0.25) is 4.79 Å². The fraction of sp³-hybridized carbons (Fsp3) is 0.0833. The lowest BCUT2D eigenvalue weighted by molar-refractivity contribution is 0.0694. The van der Waals surface area contributed by atoms with Crippen LogP contribution in [0, 0.1) is 0 Å². The van der Waals surface area contributed by atoms with Crippen LogP contribution < -0.4 is 10.3 Å². The van der Waals surface area contributed by atoms with E-state index in [0.29, 0.717) is 16.3 Å². The van der Waals surface area contributed by atoms with Crippen molar-refractivity contribution in [2.24, 2.45) is 0 Å².